The molecule has 1 unspecified atom stereocenters. The van der Waals surface area contributed by atoms with Crippen molar-refractivity contribution in [2.24, 2.45) is 5.73 Å². The van der Waals surface area contributed by atoms with Gasteiger partial charge < -0.3 is 5.73 Å². The van der Waals surface area contributed by atoms with Crippen LogP contribution in [0.15, 0.2) is 41.1 Å². The highest BCUT2D eigenvalue weighted by Crippen LogP contribution is 2.21. The average molecular weight is 294 g/mol. The Morgan fingerprint density at radius 1 is 1.47 bits per heavy atom. The second-order valence-electron chi connectivity index (χ2n) is 4.10. The van der Waals surface area contributed by atoms with Gasteiger partial charge in [-0.05, 0) is 36.6 Å². The fourth-order valence-electron chi connectivity index (χ4n) is 1.76. The minimum absolute atomic E-state index is 0.200. The van der Waals surface area contributed by atoms with Gasteiger partial charge in [0.2, 0.25) is 0 Å². The van der Waals surface area contributed by atoms with Crippen LogP contribution in [0.2, 0.25) is 0 Å². The molecule has 0 spiro atoms. The number of halogens is 1. The van der Waals surface area contributed by atoms with Crippen LogP contribution in [-0.2, 0) is 6.42 Å². The van der Waals surface area contributed by atoms with Crippen molar-refractivity contribution in [1.29, 1.82) is 0 Å². The summed E-state index contributed by atoms with van der Waals surface area (Å²) >= 11 is 3.49. The number of nitrogens with zero attached hydrogens (tertiary/aromatic N) is 2. The van der Waals surface area contributed by atoms with E-state index in [1.165, 1.54) is 5.56 Å². The van der Waals surface area contributed by atoms with Gasteiger partial charge in [-0.2, -0.15) is 5.10 Å². The van der Waals surface area contributed by atoms with Crippen molar-refractivity contribution in [2.75, 3.05) is 0 Å². The summed E-state index contributed by atoms with van der Waals surface area (Å²) in [4.78, 5) is 0. The molecule has 0 radical (unpaired) electrons. The number of hydrogen-bond donors (Lipinski definition) is 1. The van der Waals surface area contributed by atoms with Crippen molar-refractivity contribution in [3.63, 3.8) is 0 Å². The summed E-state index contributed by atoms with van der Waals surface area (Å²) in [6, 6.07) is 8.35. The normalized spacial score (nSPS) is 12.6. The molecule has 0 amide bonds. The monoisotopic (exact) mass is 293 g/mol. The summed E-state index contributed by atoms with van der Waals surface area (Å²) in [7, 11) is 0. The lowest BCUT2D eigenvalue weighted by Crippen LogP contribution is -2.22. The van der Waals surface area contributed by atoms with Crippen molar-refractivity contribution in [2.45, 2.75) is 25.8 Å². The van der Waals surface area contributed by atoms with Crippen LogP contribution in [-0.4, -0.2) is 15.8 Å². The van der Waals surface area contributed by atoms with E-state index in [1.807, 2.05) is 23.0 Å². The Bertz CT molecular complexity index is 479. The van der Waals surface area contributed by atoms with Crippen LogP contribution in [0.25, 0.3) is 5.69 Å². The lowest BCUT2D eigenvalue weighted by Gasteiger charge is -2.13. The highest BCUT2D eigenvalue weighted by molar-refractivity contribution is 9.10. The van der Waals surface area contributed by atoms with Crippen LogP contribution in [0.5, 0.6) is 0 Å². The van der Waals surface area contributed by atoms with Crippen LogP contribution in [0.1, 0.15) is 18.9 Å². The maximum absolute atomic E-state index is 6.02. The second kappa shape index (κ2) is 5.47. The smallest absolute Gasteiger partial charge is 0.0689 e. The first-order valence-electron chi connectivity index (χ1n) is 5.74. The summed E-state index contributed by atoms with van der Waals surface area (Å²) in [5, 5.41) is 4.28. The average Bonchev–Trinajstić information content (AvgIpc) is 2.84. The lowest BCUT2D eigenvalue weighted by atomic mass is 10.0. The second-order valence-corrected chi connectivity index (χ2v) is 5.01. The number of aromatic nitrogens is 2. The van der Waals surface area contributed by atoms with Crippen molar-refractivity contribution in [1.82, 2.24) is 9.78 Å². The quantitative estimate of drug-likeness (QED) is 0.942. The largest absolute Gasteiger partial charge is 0.327 e. The summed E-state index contributed by atoms with van der Waals surface area (Å²) in [5.74, 6) is 0. The van der Waals surface area contributed by atoms with Gasteiger partial charge in [0.05, 0.1) is 5.69 Å². The molecule has 1 heterocycles. The first-order valence-corrected chi connectivity index (χ1v) is 6.54. The van der Waals surface area contributed by atoms with Crippen LogP contribution in [0.3, 0.4) is 0 Å². The van der Waals surface area contributed by atoms with E-state index in [-0.39, 0.29) is 6.04 Å². The molecule has 2 N–H and O–H groups in total. The van der Waals surface area contributed by atoms with E-state index < -0.39 is 0 Å². The zero-order chi connectivity index (χ0) is 12.3. The first-order chi connectivity index (χ1) is 8.20. The topological polar surface area (TPSA) is 43.8 Å². The van der Waals surface area contributed by atoms with Crippen molar-refractivity contribution in [3.05, 3.63) is 46.7 Å². The van der Waals surface area contributed by atoms with Gasteiger partial charge in [0.1, 0.15) is 0 Å². The Balaban J connectivity index is 2.38. The number of nitrogens with two attached hydrogens (primary N) is 1. The van der Waals surface area contributed by atoms with Gasteiger partial charge in [0, 0.05) is 22.9 Å². The Hall–Kier alpha value is -1.13. The Morgan fingerprint density at radius 2 is 2.29 bits per heavy atom. The maximum Gasteiger partial charge on any atom is 0.0689 e. The molecule has 2 rings (SSSR count). The first kappa shape index (κ1) is 12.3. The van der Waals surface area contributed by atoms with Gasteiger partial charge in [-0.25, -0.2) is 4.68 Å². The summed E-state index contributed by atoms with van der Waals surface area (Å²) < 4.78 is 2.93. The summed E-state index contributed by atoms with van der Waals surface area (Å²) in [6.45, 7) is 2.11. The molecule has 0 bridgehead atoms. The molecule has 2 aromatic rings. The predicted molar refractivity (Wildman–Crippen MR) is 73.2 cm³/mol. The van der Waals surface area contributed by atoms with E-state index in [0.29, 0.717) is 0 Å². The van der Waals surface area contributed by atoms with E-state index in [9.17, 15) is 0 Å². The van der Waals surface area contributed by atoms with Gasteiger partial charge in [-0.15, -0.1) is 0 Å². The standard InChI is InChI=1S/C13H16BrN3/c1-2-12(15)8-10-4-5-11(14)9-13(10)17-7-3-6-16-17/h3-7,9,12H,2,8,15H2,1H3. The van der Waals surface area contributed by atoms with Crippen LogP contribution in [0, 0.1) is 0 Å². The van der Waals surface area contributed by atoms with Crippen molar-refractivity contribution < 1.29 is 0 Å². The highest BCUT2D eigenvalue weighted by Gasteiger charge is 2.09. The van der Waals surface area contributed by atoms with Gasteiger partial charge in [0.25, 0.3) is 0 Å². The summed E-state index contributed by atoms with van der Waals surface area (Å²) in [6.07, 6.45) is 5.58. The Kier molecular flexibility index (Phi) is 3.97. The minimum Gasteiger partial charge on any atom is -0.327 e. The fraction of sp³-hybridized carbons (Fsp3) is 0.308. The highest BCUT2D eigenvalue weighted by atomic mass is 79.9. The third kappa shape index (κ3) is 2.96. The Labute approximate surface area is 110 Å². The minimum atomic E-state index is 0.200. The van der Waals surface area contributed by atoms with Gasteiger partial charge in [-0.1, -0.05) is 28.9 Å². The Morgan fingerprint density at radius 3 is 2.94 bits per heavy atom. The molecule has 0 aliphatic carbocycles. The maximum atomic E-state index is 6.02. The van der Waals surface area contributed by atoms with E-state index in [2.05, 4.69) is 40.1 Å². The molecule has 0 fully saturated rings. The zero-order valence-corrected chi connectivity index (χ0v) is 11.4. The molecule has 4 heteroatoms. The SMILES string of the molecule is CCC(N)Cc1ccc(Br)cc1-n1cccn1. The number of benzene rings is 1. The third-order valence-corrected chi connectivity index (χ3v) is 3.30. The van der Waals surface area contributed by atoms with Gasteiger partial charge in [-0.3, -0.25) is 0 Å². The van der Waals surface area contributed by atoms with E-state index in [0.717, 1.165) is 23.0 Å². The van der Waals surface area contributed by atoms with E-state index >= 15 is 0 Å². The van der Waals surface area contributed by atoms with E-state index in [1.54, 1.807) is 6.20 Å². The van der Waals surface area contributed by atoms with Crippen molar-refractivity contribution in [3.8, 4) is 5.69 Å². The van der Waals surface area contributed by atoms with Gasteiger partial charge >= 0.3 is 0 Å². The molecular formula is C13H16BrN3. The molecule has 0 aliphatic rings. The number of rotatable bonds is 4. The molecular weight excluding hydrogens is 278 g/mol. The molecule has 1 atom stereocenters. The van der Waals surface area contributed by atoms with Crippen molar-refractivity contribution >= 4 is 15.9 Å². The molecule has 1 aromatic carbocycles. The third-order valence-electron chi connectivity index (χ3n) is 2.81. The molecule has 1 aromatic heterocycles. The van der Waals surface area contributed by atoms with E-state index in [4.69, 9.17) is 5.73 Å². The fourth-order valence-corrected chi connectivity index (χ4v) is 2.11. The summed E-state index contributed by atoms with van der Waals surface area (Å²) in [5.41, 5.74) is 8.34. The molecule has 17 heavy (non-hydrogen) atoms. The molecule has 0 aliphatic heterocycles. The van der Waals surface area contributed by atoms with Gasteiger partial charge in [0.15, 0.2) is 0 Å². The van der Waals surface area contributed by atoms with Crippen LogP contribution >= 0.6 is 15.9 Å². The lowest BCUT2D eigenvalue weighted by molar-refractivity contribution is 0.642. The molecule has 90 valence electrons. The molecule has 3 nitrogen and oxygen atoms in total. The number of hydrogen-bond acceptors (Lipinski definition) is 2. The van der Waals surface area contributed by atoms with Crippen LogP contribution < -0.4 is 5.73 Å². The molecule has 0 saturated carbocycles. The van der Waals surface area contributed by atoms with Crippen LogP contribution in [0.4, 0.5) is 0 Å². The predicted octanol–water partition coefficient (Wildman–Crippen LogP) is 2.91. The molecule has 0 saturated heterocycles. The zero-order valence-electron chi connectivity index (χ0n) is 9.81.